The van der Waals surface area contributed by atoms with E-state index in [1.807, 2.05) is 18.2 Å². The molecule has 21 heavy (non-hydrogen) atoms. The standard InChI is InChI=1S/C16H15N3O2/c1-12(20)19-15-8-6-13(7-9-15)10-17-18-11-14-4-2-3-5-16(14)21/h2-11,21H,1H3,(H,19,20). The van der Waals surface area contributed by atoms with Gasteiger partial charge in [-0.15, -0.1) is 0 Å². The molecule has 0 saturated heterocycles. The first-order valence-electron chi connectivity index (χ1n) is 6.37. The molecule has 0 radical (unpaired) electrons. The number of hydrogen-bond donors (Lipinski definition) is 2. The van der Waals surface area contributed by atoms with Gasteiger partial charge in [0.2, 0.25) is 5.91 Å². The zero-order valence-electron chi connectivity index (χ0n) is 11.5. The van der Waals surface area contributed by atoms with E-state index in [0.717, 1.165) is 11.3 Å². The third-order valence-corrected chi connectivity index (χ3v) is 2.64. The van der Waals surface area contributed by atoms with Crippen LogP contribution in [-0.2, 0) is 4.79 Å². The molecule has 0 spiro atoms. The zero-order valence-corrected chi connectivity index (χ0v) is 11.5. The minimum Gasteiger partial charge on any atom is -0.507 e. The molecule has 0 atom stereocenters. The minimum atomic E-state index is -0.108. The molecule has 5 nitrogen and oxygen atoms in total. The normalized spacial score (nSPS) is 11.1. The van der Waals surface area contributed by atoms with Crippen LogP contribution in [0, 0.1) is 0 Å². The van der Waals surface area contributed by atoms with Gasteiger partial charge in [0.1, 0.15) is 5.75 Å². The van der Waals surface area contributed by atoms with Gasteiger partial charge in [-0.3, -0.25) is 4.79 Å². The number of hydrogen-bond acceptors (Lipinski definition) is 4. The molecule has 0 aliphatic rings. The molecule has 1 amide bonds. The fourth-order valence-corrected chi connectivity index (χ4v) is 1.65. The molecule has 0 aromatic heterocycles. The van der Waals surface area contributed by atoms with Crippen molar-refractivity contribution in [2.24, 2.45) is 10.2 Å². The molecule has 0 aliphatic carbocycles. The second-order valence-corrected chi connectivity index (χ2v) is 4.35. The van der Waals surface area contributed by atoms with Gasteiger partial charge in [0.25, 0.3) is 0 Å². The van der Waals surface area contributed by atoms with Crippen LogP contribution in [0.4, 0.5) is 5.69 Å². The van der Waals surface area contributed by atoms with E-state index in [1.165, 1.54) is 13.1 Å². The number of carbonyl (C=O) groups excluding carboxylic acids is 1. The molecule has 0 unspecified atom stereocenters. The molecule has 2 rings (SSSR count). The predicted octanol–water partition coefficient (Wildman–Crippen LogP) is 2.80. The first-order chi connectivity index (χ1) is 10.1. The number of para-hydroxylation sites is 1. The molecule has 2 N–H and O–H groups in total. The number of nitrogens with one attached hydrogen (secondary N) is 1. The smallest absolute Gasteiger partial charge is 0.221 e. The Kier molecular flexibility index (Phi) is 4.82. The lowest BCUT2D eigenvalue weighted by Gasteiger charge is -2.00. The van der Waals surface area contributed by atoms with E-state index in [-0.39, 0.29) is 11.7 Å². The molecule has 0 saturated carbocycles. The largest absolute Gasteiger partial charge is 0.507 e. The Hall–Kier alpha value is -2.95. The Morgan fingerprint density at radius 2 is 1.71 bits per heavy atom. The maximum Gasteiger partial charge on any atom is 0.221 e. The molecule has 2 aromatic carbocycles. The Labute approximate surface area is 122 Å². The third-order valence-electron chi connectivity index (χ3n) is 2.64. The van der Waals surface area contributed by atoms with Crippen molar-refractivity contribution in [3.05, 3.63) is 59.7 Å². The van der Waals surface area contributed by atoms with Crippen LogP contribution in [-0.4, -0.2) is 23.4 Å². The van der Waals surface area contributed by atoms with Gasteiger partial charge in [-0.25, -0.2) is 0 Å². The quantitative estimate of drug-likeness (QED) is 0.668. The summed E-state index contributed by atoms with van der Waals surface area (Å²) in [7, 11) is 0. The lowest BCUT2D eigenvalue weighted by molar-refractivity contribution is -0.114. The number of anilines is 1. The molecule has 0 heterocycles. The number of nitrogens with zero attached hydrogens (tertiary/aromatic N) is 2. The highest BCUT2D eigenvalue weighted by atomic mass is 16.3. The Balaban J connectivity index is 1.98. The molecular formula is C16H15N3O2. The second-order valence-electron chi connectivity index (χ2n) is 4.35. The van der Waals surface area contributed by atoms with Crippen LogP contribution >= 0.6 is 0 Å². The van der Waals surface area contributed by atoms with E-state index in [1.54, 1.807) is 36.5 Å². The van der Waals surface area contributed by atoms with Gasteiger partial charge in [-0.2, -0.15) is 10.2 Å². The number of rotatable bonds is 4. The van der Waals surface area contributed by atoms with E-state index in [9.17, 15) is 9.90 Å². The summed E-state index contributed by atoms with van der Waals surface area (Å²) in [6.45, 7) is 1.46. The summed E-state index contributed by atoms with van der Waals surface area (Å²) in [5.74, 6) is 0.0554. The van der Waals surface area contributed by atoms with Crippen molar-refractivity contribution in [2.45, 2.75) is 6.92 Å². The van der Waals surface area contributed by atoms with Gasteiger partial charge in [-0.05, 0) is 29.8 Å². The van der Waals surface area contributed by atoms with Gasteiger partial charge < -0.3 is 10.4 Å². The first kappa shape index (κ1) is 14.5. The molecule has 0 aliphatic heterocycles. The average Bonchev–Trinajstić information content (AvgIpc) is 2.46. The summed E-state index contributed by atoms with van der Waals surface area (Å²) in [6.07, 6.45) is 3.07. The van der Waals surface area contributed by atoms with Crippen molar-refractivity contribution in [1.82, 2.24) is 0 Å². The summed E-state index contributed by atoms with van der Waals surface area (Å²) >= 11 is 0. The highest BCUT2D eigenvalue weighted by molar-refractivity contribution is 5.89. The third kappa shape index (κ3) is 4.58. The topological polar surface area (TPSA) is 74.0 Å². The van der Waals surface area contributed by atoms with Crippen LogP contribution < -0.4 is 5.32 Å². The number of benzene rings is 2. The van der Waals surface area contributed by atoms with Gasteiger partial charge in [-0.1, -0.05) is 24.3 Å². The van der Waals surface area contributed by atoms with Gasteiger partial charge in [0.15, 0.2) is 0 Å². The van der Waals surface area contributed by atoms with Crippen molar-refractivity contribution in [3.8, 4) is 5.75 Å². The van der Waals surface area contributed by atoms with Crippen molar-refractivity contribution >= 4 is 24.0 Å². The number of phenols is 1. The predicted molar refractivity (Wildman–Crippen MR) is 84.0 cm³/mol. The van der Waals surface area contributed by atoms with Crippen molar-refractivity contribution in [1.29, 1.82) is 0 Å². The maximum atomic E-state index is 10.9. The summed E-state index contributed by atoms with van der Waals surface area (Å²) in [4.78, 5) is 10.9. The summed E-state index contributed by atoms with van der Waals surface area (Å²) < 4.78 is 0. The first-order valence-corrected chi connectivity index (χ1v) is 6.37. The maximum absolute atomic E-state index is 10.9. The molecule has 5 heteroatoms. The number of aromatic hydroxyl groups is 1. The second kappa shape index (κ2) is 7.00. The highest BCUT2D eigenvalue weighted by Crippen LogP contribution is 2.12. The van der Waals surface area contributed by atoms with Crippen LogP contribution in [0.1, 0.15) is 18.1 Å². The van der Waals surface area contributed by atoms with Crippen LogP contribution in [0.15, 0.2) is 58.7 Å². The summed E-state index contributed by atoms with van der Waals surface area (Å²) in [5, 5.41) is 20.0. The molecule has 106 valence electrons. The lowest BCUT2D eigenvalue weighted by Crippen LogP contribution is -2.05. The summed E-state index contributed by atoms with van der Waals surface area (Å²) in [5.41, 5.74) is 2.20. The van der Waals surface area contributed by atoms with E-state index in [0.29, 0.717) is 5.56 Å². The monoisotopic (exact) mass is 281 g/mol. The highest BCUT2D eigenvalue weighted by Gasteiger charge is 1.95. The average molecular weight is 281 g/mol. The molecular weight excluding hydrogens is 266 g/mol. The van der Waals surface area contributed by atoms with Crippen LogP contribution in [0.5, 0.6) is 5.75 Å². The minimum absolute atomic E-state index is 0.108. The van der Waals surface area contributed by atoms with Crippen molar-refractivity contribution in [2.75, 3.05) is 5.32 Å². The van der Waals surface area contributed by atoms with E-state index >= 15 is 0 Å². The number of amides is 1. The van der Waals surface area contributed by atoms with Crippen LogP contribution in [0.3, 0.4) is 0 Å². The lowest BCUT2D eigenvalue weighted by atomic mass is 10.2. The number of phenolic OH excluding ortho intramolecular Hbond substituents is 1. The van der Waals surface area contributed by atoms with E-state index in [4.69, 9.17) is 0 Å². The van der Waals surface area contributed by atoms with Gasteiger partial charge >= 0.3 is 0 Å². The fourth-order valence-electron chi connectivity index (χ4n) is 1.65. The van der Waals surface area contributed by atoms with E-state index < -0.39 is 0 Å². The van der Waals surface area contributed by atoms with Gasteiger partial charge in [0.05, 0.1) is 12.4 Å². The fraction of sp³-hybridized carbons (Fsp3) is 0.0625. The Morgan fingerprint density at radius 3 is 2.38 bits per heavy atom. The molecule has 2 aromatic rings. The van der Waals surface area contributed by atoms with Crippen molar-refractivity contribution < 1.29 is 9.90 Å². The van der Waals surface area contributed by atoms with E-state index in [2.05, 4.69) is 15.5 Å². The Morgan fingerprint density at radius 1 is 1.05 bits per heavy atom. The van der Waals surface area contributed by atoms with Crippen LogP contribution in [0.25, 0.3) is 0 Å². The van der Waals surface area contributed by atoms with Gasteiger partial charge in [0, 0.05) is 18.2 Å². The van der Waals surface area contributed by atoms with Crippen LogP contribution in [0.2, 0.25) is 0 Å². The molecule has 0 fully saturated rings. The summed E-state index contributed by atoms with van der Waals surface area (Å²) in [6, 6.07) is 14.1. The van der Waals surface area contributed by atoms with Crippen molar-refractivity contribution in [3.63, 3.8) is 0 Å². The number of carbonyl (C=O) groups is 1. The molecule has 0 bridgehead atoms. The SMILES string of the molecule is CC(=O)Nc1ccc(C=NN=Cc2ccccc2O)cc1. The Bertz CT molecular complexity index is 676. The zero-order chi connectivity index (χ0) is 15.1.